The lowest BCUT2D eigenvalue weighted by Crippen LogP contribution is -2.13. The fourth-order valence-electron chi connectivity index (χ4n) is 1.71. The van der Waals surface area contributed by atoms with E-state index in [9.17, 15) is 4.79 Å². The van der Waals surface area contributed by atoms with Crippen LogP contribution in [0.4, 0.5) is 0 Å². The van der Waals surface area contributed by atoms with Gasteiger partial charge in [-0.25, -0.2) is 4.79 Å². The van der Waals surface area contributed by atoms with Crippen LogP contribution in [0.2, 0.25) is 0 Å². The predicted molar refractivity (Wildman–Crippen MR) is 77.5 cm³/mol. The largest absolute Gasteiger partial charge is 0.463 e. The van der Waals surface area contributed by atoms with E-state index < -0.39 is 0 Å². The molecule has 0 N–H and O–H groups in total. The molecule has 96 valence electrons. The Kier molecular flexibility index (Phi) is 5.86. The van der Waals surface area contributed by atoms with Crippen molar-refractivity contribution >= 4 is 21.9 Å². The number of carbonyl (C=O) groups excluding carboxylic acids is 1. The maximum atomic E-state index is 11.7. The first-order chi connectivity index (χ1) is 8.60. The molecule has 0 fully saturated rings. The van der Waals surface area contributed by atoms with Crippen LogP contribution in [-0.4, -0.2) is 12.6 Å². The van der Waals surface area contributed by atoms with E-state index in [1.165, 1.54) is 0 Å². The minimum absolute atomic E-state index is 0.0744. The number of benzene rings is 1. The third-order valence-electron chi connectivity index (χ3n) is 2.63. The summed E-state index contributed by atoms with van der Waals surface area (Å²) in [6.45, 7) is 9.73. The summed E-state index contributed by atoms with van der Waals surface area (Å²) >= 11 is 3.39. The molecule has 0 aromatic heterocycles. The monoisotopic (exact) mass is 308 g/mol. The fourth-order valence-corrected chi connectivity index (χ4v) is 1.97. The summed E-state index contributed by atoms with van der Waals surface area (Å²) in [6.07, 6.45) is 2.45. The summed E-state index contributed by atoms with van der Waals surface area (Å²) < 4.78 is 6.00. The fraction of sp³-hybridized carbons (Fsp3) is 0.267. The second-order valence-corrected chi connectivity index (χ2v) is 4.79. The Morgan fingerprint density at radius 1 is 1.44 bits per heavy atom. The highest BCUT2D eigenvalue weighted by molar-refractivity contribution is 9.10. The highest BCUT2D eigenvalue weighted by atomic mass is 79.9. The van der Waals surface area contributed by atoms with Gasteiger partial charge in [-0.15, -0.1) is 6.58 Å². The predicted octanol–water partition coefficient (Wildman–Crippen LogP) is 4.23. The molecule has 0 unspecified atom stereocenters. The maximum absolute atomic E-state index is 11.7. The molecule has 0 spiro atoms. The van der Waals surface area contributed by atoms with Crippen molar-refractivity contribution in [2.75, 3.05) is 6.61 Å². The van der Waals surface area contributed by atoms with Gasteiger partial charge < -0.3 is 4.74 Å². The van der Waals surface area contributed by atoms with Crippen molar-refractivity contribution in [3.63, 3.8) is 0 Å². The third-order valence-corrected chi connectivity index (χ3v) is 3.16. The second-order valence-electron chi connectivity index (χ2n) is 3.87. The molecule has 0 aliphatic rings. The third kappa shape index (κ3) is 3.84. The summed E-state index contributed by atoms with van der Waals surface area (Å²) in [4.78, 5) is 11.7. The summed E-state index contributed by atoms with van der Waals surface area (Å²) in [6, 6.07) is 7.85. The molecule has 0 saturated heterocycles. The summed E-state index contributed by atoms with van der Waals surface area (Å²) in [5.74, 6) is -0.415. The van der Waals surface area contributed by atoms with Crippen molar-refractivity contribution < 1.29 is 9.53 Å². The van der Waals surface area contributed by atoms with Crippen LogP contribution in [0, 0.1) is 0 Å². The average molecular weight is 309 g/mol. The molecular formula is C15H17BrO2. The van der Waals surface area contributed by atoms with E-state index in [0.717, 1.165) is 10.0 Å². The van der Waals surface area contributed by atoms with Gasteiger partial charge >= 0.3 is 5.97 Å². The number of halogens is 1. The lowest BCUT2D eigenvalue weighted by molar-refractivity contribution is -0.138. The molecule has 3 heteroatoms. The minimum Gasteiger partial charge on any atom is -0.463 e. The topological polar surface area (TPSA) is 26.3 Å². The molecular weight excluding hydrogens is 292 g/mol. The van der Waals surface area contributed by atoms with E-state index in [2.05, 4.69) is 29.1 Å². The molecule has 0 bridgehead atoms. The zero-order valence-electron chi connectivity index (χ0n) is 10.5. The van der Waals surface area contributed by atoms with Crippen LogP contribution in [0.25, 0.3) is 0 Å². The van der Waals surface area contributed by atoms with Crippen molar-refractivity contribution in [2.24, 2.45) is 0 Å². The average Bonchev–Trinajstić information content (AvgIpc) is 2.37. The number of carbonyl (C=O) groups is 1. The van der Waals surface area contributed by atoms with E-state index in [0.29, 0.717) is 18.6 Å². The van der Waals surface area contributed by atoms with Gasteiger partial charge in [-0.05, 0) is 31.0 Å². The number of hydrogen-bond donors (Lipinski definition) is 0. The van der Waals surface area contributed by atoms with Gasteiger partial charge in [0.15, 0.2) is 0 Å². The van der Waals surface area contributed by atoms with Gasteiger partial charge in [-0.3, -0.25) is 0 Å². The Bertz CT molecular complexity index is 434. The SMILES string of the molecule is C=CC[C@@H](C(=C)C(=O)OCC)c1ccc(Br)cc1. The lowest BCUT2D eigenvalue weighted by atomic mass is 9.89. The van der Waals surface area contributed by atoms with Crippen LogP contribution in [0.5, 0.6) is 0 Å². The Morgan fingerprint density at radius 2 is 2.06 bits per heavy atom. The quantitative estimate of drug-likeness (QED) is 0.446. The number of ether oxygens (including phenoxy) is 1. The van der Waals surface area contributed by atoms with Crippen LogP contribution in [0.15, 0.2) is 53.5 Å². The number of esters is 1. The summed E-state index contributed by atoms with van der Waals surface area (Å²) in [7, 11) is 0. The summed E-state index contributed by atoms with van der Waals surface area (Å²) in [5, 5.41) is 0. The normalized spacial score (nSPS) is 11.7. The van der Waals surface area contributed by atoms with Crippen LogP contribution in [0.1, 0.15) is 24.8 Å². The number of hydrogen-bond acceptors (Lipinski definition) is 2. The van der Waals surface area contributed by atoms with Gasteiger partial charge in [-0.2, -0.15) is 0 Å². The van der Waals surface area contributed by atoms with Gasteiger partial charge in [0.2, 0.25) is 0 Å². The molecule has 2 nitrogen and oxygen atoms in total. The molecule has 0 heterocycles. The van der Waals surface area contributed by atoms with Crippen LogP contribution < -0.4 is 0 Å². The van der Waals surface area contributed by atoms with Gasteiger partial charge in [0, 0.05) is 16.0 Å². The van der Waals surface area contributed by atoms with Crippen molar-refractivity contribution in [1.29, 1.82) is 0 Å². The van der Waals surface area contributed by atoms with Gasteiger partial charge in [0.25, 0.3) is 0 Å². The molecule has 0 aliphatic heterocycles. The highest BCUT2D eigenvalue weighted by Crippen LogP contribution is 2.29. The zero-order chi connectivity index (χ0) is 13.5. The Hall–Kier alpha value is -1.35. The first kappa shape index (κ1) is 14.7. The number of allylic oxidation sites excluding steroid dienone is 1. The molecule has 18 heavy (non-hydrogen) atoms. The lowest BCUT2D eigenvalue weighted by Gasteiger charge is -2.17. The molecule has 0 saturated carbocycles. The first-order valence-electron chi connectivity index (χ1n) is 5.82. The van der Waals surface area contributed by atoms with E-state index in [-0.39, 0.29) is 11.9 Å². The van der Waals surface area contributed by atoms with E-state index in [4.69, 9.17) is 4.74 Å². The van der Waals surface area contributed by atoms with Gasteiger partial charge in [-0.1, -0.05) is 40.7 Å². The minimum atomic E-state index is -0.340. The number of rotatable bonds is 6. The van der Waals surface area contributed by atoms with Gasteiger partial charge in [0.1, 0.15) is 0 Å². The van der Waals surface area contributed by atoms with E-state index in [1.807, 2.05) is 24.3 Å². The summed E-state index contributed by atoms with van der Waals surface area (Å²) in [5.41, 5.74) is 1.51. The van der Waals surface area contributed by atoms with Crippen molar-refractivity contribution in [3.8, 4) is 0 Å². The Morgan fingerprint density at radius 3 is 2.56 bits per heavy atom. The molecule has 0 radical (unpaired) electrons. The highest BCUT2D eigenvalue weighted by Gasteiger charge is 2.20. The second kappa shape index (κ2) is 7.17. The van der Waals surface area contributed by atoms with E-state index in [1.54, 1.807) is 13.0 Å². The first-order valence-corrected chi connectivity index (χ1v) is 6.61. The zero-order valence-corrected chi connectivity index (χ0v) is 12.1. The van der Waals surface area contributed by atoms with E-state index >= 15 is 0 Å². The van der Waals surface area contributed by atoms with Crippen LogP contribution in [0.3, 0.4) is 0 Å². The molecule has 1 rings (SSSR count). The van der Waals surface area contributed by atoms with Crippen molar-refractivity contribution in [2.45, 2.75) is 19.3 Å². The molecule has 0 amide bonds. The molecule has 1 aromatic carbocycles. The Labute approximate surface area is 116 Å². The van der Waals surface area contributed by atoms with Gasteiger partial charge in [0.05, 0.1) is 6.61 Å². The smallest absolute Gasteiger partial charge is 0.334 e. The van der Waals surface area contributed by atoms with Crippen molar-refractivity contribution in [1.82, 2.24) is 0 Å². The Balaban J connectivity index is 2.94. The molecule has 0 aliphatic carbocycles. The standard InChI is InChI=1S/C15H17BrO2/c1-4-6-14(11(3)15(17)18-5-2)12-7-9-13(16)10-8-12/h4,7-10,14H,1,3,5-6H2,2H3/t14-/m0/s1. The molecule has 1 atom stereocenters. The van der Waals surface area contributed by atoms with Crippen molar-refractivity contribution in [3.05, 3.63) is 59.1 Å². The van der Waals surface area contributed by atoms with Crippen LogP contribution in [-0.2, 0) is 9.53 Å². The maximum Gasteiger partial charge on any atom is 0.334 e. The van der Waals surface area contributed by atoms with Crippen LogP contribution >= 0.6 is 15.9 Å². The molecule has 1 aromatic rings.